The summed E-state index contributed by atoms with van der Waals surface area (Å²) in [6.45, 7) is 0. The maximum Gasteiger partial charge on any atom is 0.136 e. The van der Waals surface area contributed by atoms with Gasteiger partial charge in [0.2, 0.25) is 0 Å². The molecule has 0 amide bonds. The Labute approximate surface area is 112 Å². The summed E-state index contributed by atoms with van der Waals surface area (Å²) in [4.78, 5) is 0.663. The highest BCUT2D eigenvalue weighted by Gasteiger charge is 2.04. The van der Waals surface area contributed by atoms with Gasteiger partial charge in [0, 0.05) is 20.8 Å². The SMILES string of the molecule is Nc1ccc(CSc2ccccc2F)c(Br)c1. The molecule has 4 heteroatoms. The van der Waals surface area contributed by atoms with Gasteiger partial charge in [0.25, 0.3) is 0 Å². The van der Waals surface area contributed by atoms with Gasteiger partial charge in [-0.1, -0.05) is 34.1 Å². The van der Waals surface area contributed by atoms with Gasteiger partial charge in [-0.3, -0.25) is 0 Å². The van der Waals surface area contributed by atoms with Crippen LogP contribution in [0.15, 0.2) is 51.8 Å². The Morgan fingerprint density at radius 2 is 1.94 bits per heavy atom. The minimum Gasteiger partial charge on any atom is -0.399 e. The summed E-state index contributed by atoms with van der Waals surface area (Å²) in [5.74, 6) is 0.533. The zero-order valence-corrected chi connectivity index (χ0v) is 11.4. The Kier molecular flexibility index (Phi) is 4.07. The molecule has 2 aromatic rings. The molecule has 0 saturated heterocycles. The highest BCUT2D eigenvalue weighted by atomic mass is 79.9. The molecule has 0 spiro atoms. The molecule has 0 saturated carbocycles. The van der Waals surface area contributed by atoms with Gasteiger partial charge in [-0.15, -0.1) is 11.8 Å². The number of rotatable bonds is 3. The van der Waals surface area contributed by atoms with E-state index in [1.165, 1.54) is 17.8 Å². The van der Waals surface area contributed by atoms with Crippen LogP contribution in [0.25, 0.3) is 0 Å². The second-order valence-corrected chi connectivity index (χ2v) is 5.44. The summed E-state index contributed by atoms with van der Waals surface area (Å²) in [6.07, 6.45) is 0. The number of nitrogens with two attached hydrogens (primary N) is 1. The molecule has 88 valence electrons. The summed E-state index contributed by atoms with van der Waals surface area (Å²) < 4.78 is 14.4. The van der Waals surface area contributed by atoms with Gasteiger partial charge in [-0.2, -0.15) is 0 Å². The fraction of sp³-hybridized carbons (Fsp3) is 0.0769. The average molecular weight is 312 g/mol. The molecule has 0 radical (unpaired) electrons. The Bertz CT molecular complexity index is 531. The molecule has 1 nitrogen and oxygen atoms in total. The summed E-state index contributed by atoms with van der Waals surface area (Å²) in [7, 11) is 0. The van der Waals surface area contributed by atoms with Crippen molar-refractivity contribution in [1.82, 2.24) is 0 Å². The summed E-state index contributed by atoms with van der Waals surface area (Å²) in [5, 5.41) is 0. The standard InChI is InChI=1S/C13H11BrFNS/c14-11-7-10(16)6-5-9(11)8-17-13-4-2-1-3-12(13)15/h1-7H,8,16H2. The van der Waals surface area contributed by atoms with E-state index in [0.29, 0.717) is 10.6 Å². The van der Waals surface area contributed by atoms with Crippen molar-refractivity contribution in [2.75, 3.05) is 5.73 Å². The second kappa shape index (κ2) is 5.56. The molecule has 0 fully saturated rings. The molecule has 2 rings (SSSR count). The molecule has 2 N–H and O–H groups in total. The van der Waals surface area contributed by atoms with Crippen molar-refractivity contribution in [3.63, 3.8) is 0 Å². The average Bonchev–Trinajstić information content (AvgIpc) is 2.30. The smallest absolute Gasteiger partial charge is 0.136 e. The van der Waals surface area contributed by atoms with Crippen LogP contribution < -0.4 is 5.73 Å². The first kappa shape index (κ1) is 12.5. The van der Waals surface area contributed by atoms with E-state index >= 15 is 0 Å². The molecule has 0 aliphatic rings. The van der Waals surface area contributed by atoms with Gasteiger partial charge in [-0.05, 0) is 29.8 Å². The first-order valence-electron chi connectivity index (χ1n) is 5.08. The predicted octanol–water partition coefficient (Wildman–Crippen LogP) is 4.46. The van der Waals surface area contributed by atoms with Gasteiger partial charge >= 0.3 is 0 Å². The highest BCUT2D eigenvalue weighted by Crippen LogP contribution is 2.29. The van der Waals surface area contributed by atoms with Crippen molar-refractivity contribution < 1.29 is 4.39 Å². The van der Waals surface area contributed by atoms with E-state index in [1.807, 2.05) is 24.3 Å². The van der Waals surface area contributed by atoms with Crippen molar-refractivity contribution in [1.29, 1.82) is 0 Å². The van der Waals surface area contributed by atoms with Crippen LogP contribution in [0.4, 0.5) is 10.1 Å². The molecular weight excluding hydrogens is 301 g/mol. The second-order valence-electron chi connectivity index (χ2n) is 3.57. The molecule has 0 aromatic heterocycles. The largest absolute Gasteiger partial charge is 0.399 e. The zero-order chi connectivity index (χ0) is 12.3. The predicted molar refractivity (Wildman–Crippen MR) is 74.5 cm³/mol. The minimum absolute atomic E-state index is 0.177. The molecular formula is C13H11BrFNS. The monoisotopic (exact) mass is 311 g/mol. The lowest BCUT2D eigenvalue weighted by molar-refractivity contribution is 0.602. The van der Waals surface area contributed by atoms with Crippen molar-refractivity contribution in [3.8, 4) is 0 Å². The van der Waals surface area contributed by atoms with Crippen molar-refractivity contribution in [3.05, 3.63) is 58.3 Å². The van der Waals surface area contributed by atoms with Gasteiger partial charge in [0.05, 0.1) is 0 Å². The lowest BCUT2D eigenvalue weighted by atomic mass is 10.2. The molecule has 2 aromatic carbocycles. The van der Waals surface area contributed by atoms with Crippen molar-refractivity contribution in [2.45, 2.75) is 10.6 Å². The third-order valence-electron chi connectivity index (χ3n) is 2.30. The number of thioether (sulfide) groups is 1. The van der Waals surface area contributed by atoms with E-state index in [2.05, 4.69) is 15.9 Å². The fourth-order valence-corrected chi connectivity index (χ4v) is 3.06. The Hall–Kier alpha value is -1.00. The van der Waals surface area contributed by atoms with Gasteiger partial charge < -0.3 is 5.73 Å². The van der Waals surface area contributed by atoms with Crippen LogP contribution in [0.2, 0.25) is 0 Å². The maximum atomic E-state index is 13.4. The van der Waals surface area contributed by atoms with Crippen LogP contribution in [0, 0.1) is 5.82 Å². The van der Waals surface area contributed by atoms with E-state index in [1.54, 1.807) is 12.1 Å². The number of hydrogen-bond donors (Lipinski definition) is 1. The molecule has 0 bridgehead atoms. The lowest BCUT2D eigenvalue weighted by Crippen LogP contribution is -1.89. The van der Waals surface area contributed by atoms with Gasteiger partial charge in [-0.25, -0.2) is 4.39 Å². The van der Waals surface area contributed by atoms with Crippen molar-refractivity contribution >= 4 is 33.4 Å². The topological polar surface area (TPSA) is 26.0 Å². The normalized spacial score (nSPS) is 10.5. The summed E-state index contributed by atoms with van der Waals surface area (Å²) >= 11 is 4.93. The Morgan fingerprint density at radius 3 is 2.65 bits per heavy atom. The number of nitrogen functional groups attached to an aromatic ring is 1. The van der Waals surface area contributed by atoms with Crippen LogP contribution in [-0.2, 0) is 5.75 Å². The van der Waals surface area contributed by atoms with E-state index in [4.69, 9.17) is 5.73 Å². The Morgan fingerprint density at radius 1 is 1.18 bits per heavy atom. The zero-order valence-electron chi connectivity index (χ0n) is 8.99. The van der Waals surface area contributed by atoms with E-state index in [9.17, 15) is 4.39 Å². The summed E-state index contributed by atoms with van der Waals surface area (Å²) in [6, 6.07) is 12.4. The fourth-order valence-electron chi connectivity index (χ4n) is 1.40. The molecule has 0 aliphatic heterocycles. The first-order chi connectivity index (χ1) is 8.16. The third kappa shape index (κ3) is 3.23. The van der Waals surface area contributed by atoms with Gasteiger partial charge in [0.1, 0.15) is 5.82 Å². The third-order valence-corrected chi connectivity index (χ3v) is 4.13. The first-order valence-corrected chi connectivity index (χ1v) is 6.86. The number of halogens is 2. The van der Waals surface area contributed by atoms with Gasteiger partial charge in [0.15, 0.2) is 0 Å². The highest BCUT2D eigenvalue weighted by molar-refractivity contribution is 9.10. The van der Waals surface area contributed by atoms with Crippen LogP contribution in [0.3, 0.4) is 0 Å². The number of hydrogen-bond acceptors (Lipinski definition) is 2. The van der Waals surface area contributed by atoms with E-state index in [-0.39, 0.29) is 5.82 Å². The quantitative estimate of drug-likeness (QED) is 0.669. The number of benzene rings is 2. The number of anilines is 1. The van der Waals surface area contributed by atoms with Crippen LogP contribution in [0.1, 0.15) is 5.56 Å². The minimum atomic E-state index is -0.177. The molecule has 17 heavy (non-hydrogen) atoms. The molecule has 0 heterocycles. The van der Waals surface area contributed by atoms with Crippen LogP contribution >= 0.6 is 27.7 Å². The molecule has 0 atom stereocenters. The maximum absolute atomic E-state index is 13.4. The van der Waals surface area contributed by atoms with Crippen LogP contribution in [-0.4, -0.2) is 0 Å². The molecule has 0 aliphatic carbocycles. The van der Waals surface area contributed by atoms with Crippen LogP contribution in [0.5, 0.6) is 0 Å². The van der Waals surface area contributed by atoms with E-state index in [0.717, 1.165) is 15.7 Å². The lowest BCUT2D eigenvalue weighted by Gasteiger charge is -2.06. The summed E-state index contributed by atoms with van der Waals surface area (Å²) in [5.41, 5.74) is 7.49. The van der Waals surface area contributed by atoms with E-state index < -0.39 is 0 Å². The molecule has 0 unspecified atom stereocenters. The van der Waals surface area contributed by atoms with Crippen molar-refractivity contribution in [2.24, 2.45) is 0 Å². The Balaban J connectivity index is 2.10.